The van der Waals surface area contributed by atoms with Gasteiger partial charge in [-0.2, -0.15) is 0 Å². The van der Waals surface area contributed by atoms with Crippen LogP contribution in [-0.4, -0.2) is 43.3 Å². The smallest absolute Gasteiger partial charge is 0.119 e. The van der Waals surface area contributed by atoms with Crippen molar-refractivity contribution in [2.75, 3.05) is 32.1 Å². The Hall–Kier alpha value is -1.56. The average molecular weight is 344 g/mol. The molecule has 128 valence electrons. The predicted molar refractivity (Wildman–Crippen MR) is 97.9 cm³/mol. The molecule has 0 amide bonds. The maximum absolute atomic E-state index is 6.26. The first-order valence-corrected chi connectivity index (χ1v) is 9.42. The Labute approximate surface area is 147 Å². The van der Waals surface area contributed by atoms with Gasteiger partial charge in [0, 0.05) is 36.6 Å². The number of nitrogens with zero attached hydrogens (tertiary/aromatic N) is 1. The van der Waals surface area contributed by atoms with Gasteiger partial charge in [-0.3, -0.25) is 4.90 Å². The van der Waals surface area contributed by atoms with Gasteiger partial charge in [-0.1, -0.05) is 6.07 Å². The molecule has 24 heavy (non-hydrogen) atoms. The van der Waals surface area contributed by atoms with E-state index in [-0.39, 0.29) is 5.60 Å². The highest BCUT2D eigenvalue weighted by atomic mass is 32.1. The molecule has 1 aromatic heterocycles. The Morgan fingerprint density at radius 3 is 2.96 bits per heavy atom. The van der Waals surface area contributed by atoms with Crippen LogP contribution in [0.25, 0.3) is 0 Å². The predicted octanol–water partition coefficient (Wildman–Crippen LogP) is 3.60. The lowest BCUT2D eigenvalue weighted by Gasteiger charge is -2.23. The standard InChI is InChI=1S/C19H24N2O2S/c1-22-17-6-4-15(5-7-17)20-16-11-19(23-13-16)8-9-21(14-19)12-18-3-2-10-24-18/h2-7,10,16,20H,8-9,11-14H2,1H3/t16-,19-/m0/s1. The lowest BCUT2D eigenvalue weighted by molar-refractivity contribution is 0.0120. The summed E-state index contributed by atoms with van der Waals surface area (Å²) < 4.78 is 11.5. The van der Waals surface area contributed by atoms with Gasteiger partial charge in [0.05, 0.1) is 25.4 Å². The summed E-state index contributed by atoms with van der Waals surface area (Å²) in [6, 6.07) is 12.9. The second kappa shape index (κ2) is 6.75. The van der Waals surface area contributed by atoms with Crippen LogP contribution in [0.1, 0.15) is 17.7 Å². The Bertz CT molecular complexity index is 659. The molecule has 2 aliphatic heterocycles. The maximum Gasteiger partial charge on any atom is 0.119 e. The number of anilines is 1. The molecule has 1 spiro atoms. The van der Waals surface area contributed by atoms with Crippen LogP contribution in [-0.2, 0) is 11.3 Å². The molecular formula is C19H24N2O2S. The van der Waals surface area contributed by atoms with Crippen LogP contribution in [0, 0.1) is 0 Å². The van der Waals surface area contributed by atoms with Crippen molar-refractivity contribution in [2.45, 2.75) is 31.0 Å². The minimum absolute atomic E-state index is 0.0431. The fourth-order valence-corrected chi connectivity index (χ4v) is 4.58. The molecule has 2 fully saturated rings. The van der Waals surface area contributed by atoms with E-state index < -0.39 is 0 Å². The molecule has 0 saturated carbocycles. The number of rotatable bonds is 5. The summed E-state index contributed by atoms with van der Waals surface area (Å²) in [5.74, 6) is 0.889. The monoisotopic (exact) mass is 344 g/mol. The van der Waals surface area contributed by atoms with Gasteiger partial charge in [-0.05, 0) is 42.1 Å². The van der Waals surface area contributed by atoms with Crippen LogP contribution < -0.4 is 10.1 Å². The Kier molecular flexibility index (Phi) is 4.48. The van der Waals surface area contributed by atoms with Gasteiger partial charge in [0.2, 0.25) is 0 Å². The van der Waals surface area contributed by atoms with Gasteiger partial charge >= 0.3 is 0 Å². The highest BCUT2D eigenvalue weighted by Crippen LogP contribution is 2.37. The zero-order valence-corrected chi connectivity index (χ0v) is 14.8. The summed E-state index contributed by atoms with van der Waals surface area (Å²) in [4.78, 5) is 3.97. The summed E-state index contributed by atoms with van der Waals surface area (Å²) in [5.41, 5.74) is 1.18. The third-order valence-electron chi connectivity index (χ3n) is 5.02. The average Bonchev–Trinajstić information content (AvgIpc) is 3.33. The molecule has 0 unspecified atom stereocenters. The fourth-order valence-electron chi connectivity index (χ4n) is 3.83. The summed E-state index contributed by atoms with van der Waals surface area (Å²) >= 11 is 1.84. The molecule has 3 heterocycles. The molecule has 2 aliphatic rings. The highest BCUT2D eigenvalue weighted by Gasteiger charge is 2.45. The van der Waals surface area contributed by atoms with Crippen molar-refractivity contribution in [3.63, 3.8) is 0 Å². The molecule has 1 aromatic carbocycles. The maximum atomic E-state index is 6.26. The van der Waals surface area contributed by atoms with E-state index in [1.165, 1.54) is 4.88 Å². The van der Waals surface area contributed by atoms with Crippen molar-refractivity contribution in [3.05, 3.63) is 46.7 Å². The number of thiophene rings is 1. The van der Waals surface area contributed by atoms with Gasteiger partial charge in [0.25, 0.3) is 0 Å². The van der Waals surface area contributed by atoms with Crippen molar-refractivity contribution in [3.8, 4) is 5.75 Å². The molecule has 5 heteroatoms. The normalized spacial score (nSPS) is 27.0. The zero-order chi connectivity index (χ0) is 16.4. The molecule has 0 radical (unpaired) electrons. The Morgan fingerprint density at radius 1 is 1.33 bits per heavy atom. The number of nitrogens with one attached hydrogen (secondary N) is 1. The summed E-state index contributed by atoms with van der Waals surface area (Å²) in [7, 11) is 1.69. The highest BCUT2D eigenvalue weighted by molar-refractivity contribution is 7.09. The molecular weight excluding hydrogens is 320 g/mol. The topological polar surface area (TPSA) is 33.7 Å². The molecule has 4 nitrogen and oxygen atoms in total. The largest absolute Gasteiger partial charge is 0.497 e. The molecule has 1 N–H and O–H groups in total. The van der Waals surface area contributed by atoms with Crippen molar-refractivity contribution in [2.24, 2.45) is 0 Å². The number of hydrogen-bond acceptors (Lipinski definition) is 5. The van der Waals surface area contributed by atoms with E-state index in [0.717, 1.165) is 50.5 Å². The quantitative estimate of drug-likeness (QED) is 0.898. The van der Waals surface area contributed by atoms with E-state index in [9.17, 15) is 0 Å². The number of ether oxygens (including phenoxy) is 2. The first-order chi connectivity index (χ1) is 11.7. The van der Waals surface area contributed by atoms with Crippen LogP contribution in [0.5, 0.6) is 5.75 Å². The van der Waals surface area contributed by atoms with Crippen LogP contribution in [0.2, 0.25) is 0 Å². The van der Waals surface area contributed by atoms with Gasteiger partial charge in [0.15, 0.2) is 0 Å². The van der Waals surface area contributed by atoms with Gasteiger partial charge in [-0.25, -0.2) is 0 Å². The van der Waals surface area contributed by atoms with Crippen LogP contribution in [0.4, 0.5) is 5.69 Å². The lowest BCUT2D eigenvalue weighted by Crippen LogP contribution is -2.33. The molecule has 2 atom stereocenters. The van der Waals surface area contributed by atoms with E-state index in [1.54, 1.807) is 7.11 Å². The second-order valence-electron chi connectivity index (χ2n) is 6.81. The molecule has 2 aromatic rings. The fraction of sp³-hybridized carbons (Fsp3) is 0.474. The van der Waals surface area contributed by atoms with Crippen LogP contribution in [0.15, 0.2) is 41.8 Å². The van der Waals surface area contributed by atoms with Crippen molar-refractivity contribution >= 4 is 17.0 Å². The number of likely N-dealkylation sites (tertiary alicyclic amines) is 1. The Balaban J connectivity index is 1.32. The Morgan fingerprint density at radius 2 is 2.21 bits per heavy atom. The number of methoxy groups -OCH3 is 1. The van der Waals surface area contributed by atoms with Crippen molar-refractivity contribution in [1.29, 1.82) is 0 Å². The zero-order valence-electron chi connectivity index (χ0n) is 14.0. The van der Waals surface area contributed by atoms with Gasteiger partial charge in [0.1, 0.15) is 5.75 Å². The van der Waals surface area contributed by atoms with Crippen molar-refractivity contribution in [1.82, 2.24) is 4.90 Å². The van der Waals surface area contributed by atoms with Crippen LogP contribution >= 0.6 is 11.3 Å². The summed E-state index contributed by atoms with van der Waals surface area (Å²) in [6.07, 6.45) is 2.22. The molecule has 4 rings (SSSR count). The van der Waals surface area contributed by atoms with Crippen LogP contribution in [0.3, 0.4) is 0 Å². The lowest BCUT2D eigenvalue weighted by atomic mass is 9.97. The SMILES string of the molecule is COc1ccc(N[C@@H]2CO[C@@]3(CCN(Cc4cccs4)C3)C2)cc1. The first kappa shape index (κ1) is 15.9. The third kappa shape index (κ3) is 3.43. The minimum Gasteiger partial charge on any atom is -0.497 e. The summed E-state index contributed by atoms with van der Waals surface area (Å²) in [6.45, 7) is 4.02. The summed E-state index contributed by atoms with van der Waals surface area (Å²) in [5, 5.41) is 5.76. The molecule has 2 saturated heterocycles. The van der Waals surface area contributed by atoms with Gasteiger partial charge < -0.3 is 14.8 Å². The van der Waals surface area contributed by atoms with E-state index in [4.69, 9.17) is 9.47 Å². The minimum atomic E-state index is 0.0431. The third-order valence-corrected chi connectivity index (χ3v) is 5.89. The van der Waals surface area contributed by atoms with E-state index in [1.807, 2.05) is 23.5 Å². The van der Waals surface area contributed by atoms with E-state index in [2.05, 4.69) is 39.9 Å². The van der Waals surface area contributed by atoms with Crippen molar-refractivity contribution < 1.29 is 9.47 Å². The number of hydrogen-bond donors (Lipinski definition) is 1. The second-order valence-corrected chi connectivity index (χ2v) is 7.84. The molecule has 0 bridgehead atoms. The van der Waals surface area contributed by atoms with E-state index in [0.29, 0.717) is 6.04 Å². The van der Waals surface area contributed by atoms with E-state index >= 15 is 0 Å². The number of benzene rings is 1. The first-order valence-electron chi connectivity index (χ1n) is 8.54. The van der Waals surface area contributed by atoms with Gasteiger partial charge in [-0.15, -0.1) is 11.3 Å². The molecule has 0 aliphatic carbocycles.